The molecule has 7 heteroatoms. The van der Waals surface area contributed by atoms with E-state index < -0.39 is 6.04 Å². The Morgan fingerprint density at radius 1 is 1.19 bits per heavy atom. The van der Waals surface area contributed by atoms with Gasteiger partial charge in [-0.15, -0.1) is 0 Å². The third-order valence-corrected chi connectivity index (χ3v) is 6.11. The maximum Gasteiger partial charge on any atom is 0.242 e. The molecule has 0 unspecified atom stereocenters. The van der Waals surface area contributed by atoms with E-state index in [4.69, 9.17) is 4.74 Å². The average molecular weight is 386 g/mol. The van der Waals surface area contributed by atoms with Crippen LogP contribution in [0.15, 0.2) is 0 Å². The highest BCUT2D eigenvalue weighted by molar-refractivity contribution is 7.98. The monoisotopic (exact) mass is 385 g/mol. The number of nitrogens with zero attached hydrogens (tertiary/aromatic N) is 1. The summed E-state index contributed by atoms with van der Waals surface area (Å²) < 4.78 is 5.34. The van der Waals surface area contributed by atoms with Crippen molar-refractivity contribution in [1.82, 2.24) is 15.5 Å². The number of hydrogen-bond donors (Lipinski definition) is 2. The van der Waals surface area contributed by atoms with Crippen molar-refractivity contribution in [2.24, 2.45) is 11.8 Å². The van der Waals surface area contributed by atoms with Crippen molar-refractivity contribution >= 4 is 23.6 Å². The molecule has 2 fully saturated rings. The van der Waals surface area contributed by atoms with Crippen LogP contribution in [0.1, 0.15) is 39.0 Å². The van der Waals surface area contributed by atoms with Crippen molar-refractivity contribution in [2.75, 3.05) is 51.4 Å². The highest BCUT2D eigenvalue weighted by atomic mass is 32.2. The third-order valence-electron chi connectivity index (χ3n) is 5.46. The van der Waals surface area contributed by atoms with E-state index >= 15 is 0 Å². The van der Waals surface area contributed by atoms with Crippen LogP contribution in [0.3, 0.4) is 0 Å². The molecule has 0 spiro atoms. The highest BCUT2D eigenvalue weighted by Crippen LogP contribution is 2.28. The Labute approximate surface area is 162 Å². The van der Waals surface area contributed by atoms with Gasteiger partial charge in [-0.05, 0) is 50.0 Å². The summed E-state index contributed by atoms with van der Waals surface area (Å²) >= 11 is 1.70. The first-order valence-electron chi connectivity index (χ1n) is 9.97. The molecule has 1 heterocycles. The molecular weight excluding hydrogens is 350 g/mol. The van der Waals surface area contributed by atoms with E-state index in [2.05, 4.69) is 22.5 Å². The molecule has 1 saturated carbocycles. The van der Waals surface area contributed by atoms with E-state index in [0.717, 1.165) is 70.2 Å². The predicted molar refractivity (Wildman–Crippen MR) is 106 cm³/mol. The molecular formula is C19H35N3O3S. The van der Waals surface area contributed by atoms with Crippen molar-refractivity contribution in [3.05, 3.63) is 0 Å². The van der Waals surface area contributed by atoms with Gasteiger partial charge in [0.15, 0.2) is 0 Å². The van der Waals surface area contributed by atoms with Gasteiger partial charge in [-0.2, -0.15) is 11.8 Å². The summed E-state index contributed by atoms with van der Waals surface area (Å²) in [6.45, 7) is 7.06. The number of morpholine rings is 1. The molecule has 1 atom stereocenters. The lowest BCUT2D eigenvalue weighted by molar-refractivity contribution is -0.132. The number of hydrogen-bond acceptors (Lipinski definition) is 5. The van der Waals surface area contributed by atoms with Gasteiger partial charge in [0, 0.05) is 32.1 Å². The van der Waals surface area contributed by atoms with Gasteiger partial charge >= 0.3 is 0 Å². The number of carbonyl (C=O) groups is 2. The second-order valence-corrected chi connectivity index (χ2v) is 8.53. The van der Waals surface area contributed by atoms with E-state index in [1.807, 2.05) is 6.26 Å². The molecule has 0 aromatic heterocycles. The SMILES string of the molecule is CSCC[C@@H](NC(=O)C1CCC(C)CC1)C(=O)NCCN1CCOCC1. The molecule has 2 amide bonds. The Kier molecular flexibility index (Phi) is 9.78. The summed E-state index contributed by atoms with van der Waals surface area (Å²) in [5.41, 5.74) is 0. The van der Waals surface area contributed by atoms with Crippen LogP contribution in [0, 0.1) is 11.8 Å². The summed E-state index contributed by atoms with van der Waals surface area (Å²) in [7, 11) is 0. The average Bonchev–Trinajstić information content (AvgIpc) is 2.66. The Morgan fingerprint density at radius 3 is 2.54 bits per heavy atom. The zero-order valence-electron chi connectivity index (χ0n) is 16.3. The molecule has 1 aliphatic carbocycles. The minimum absolute atomic E-state index is 0.0511. The van der Waals surface area contributed by atoms with E-state index in [0.29, 0.717) is 13.0 Å². The third kappa shape index (κ3) is 7.45. The van der Waals surface area contributed by atoms with Gasteiger partial charge in [0.25, 0.3) is 0 Å². The first-order valence-corrected chi connectivity index (χ1v) is 11.4. The van der Waals surface area contributed by atoms with Gasteiger partial charge in [-0.3, -0.25) is 14.5 Å². The fourth-order valence-corrected chi connectivity index (χ4v) is 4.07. The highest BCUT2D eigenvalue weighted by Gasteiger charge is 2.28. The largest absolute Gasteiger partial charge is 0.379 e. The van der Waals surface area contributed by atoms with Crippen molar-refractivity contribution < 1.29 is 14.3 Å². The van der Waals surface area contributed by atoms with Crippen molar-refractivity contribution in [2.45, 2.75) is 45.1 Å². The standard InChI is InChI=1S/C19H35N3O3S/c1-15-3-5-16(6-4-15)18(23)21-17(7-14-26-2)19(24)20-8-9-22-10-12-25-13-11-22/h15-17H,3-14H2,1-2H3,(H,20,24)(H,21,23)/t15?,16?,17-/m1/s1. The van der Waals surface area contributed by atoms with Crippen LogP contribution >= 0.6 is 11.8 Å². The molecule has 2 aliphatic rings. The maximum absolute atomic E-state index is 12.6. The van der Waals surface area contributed by atoms with Gasteiger partial charge in [0.1, 0.15) is 6.04 Å². The Balaban J connectivity index is 1.76. The van der Waals surface area contributed by atoms with Crippen molar-refractivity contribution in [3.8, 4) is 0 Å². The second-order valence-electron chi connectivity index (χ2n) is 7.54. The fourth-order valence-electron chi connectivity index (χ4n) is 3.60. The molecule has 1 saturated heterocycles. The number of ether oxygens (including phenoxy) is 1. The van der Waals surface area contributed by atoms with Gasteiger partial charge in [0.2, 0.25) is 11.8 Å². The van der Waals surface area contributed by atoms with Gasteiger partial charge in [-0.1, -0.05) is 6.92 Å². The van der Waals surface area contributed by atoms with E-state index in [9.17, 15) is 9.59 Å². The van der Waals surface area contributed by atoms with Crippen LogP contribution in [0.4, 0.5) is 0 Å². The number of rotatable bonds is 9. The van der Waals surface area contributed by atoms with Gasteiger partial charge in [-0.25, -0.2) is 0 Å². The smallest absolute Gasteiger partial charge is 0.242 e. The number of amides is 2. The molecule has 26 heavy (non-hydrogen) atoms. The second kappa shape index (κ2) is 11.8. The first-order chi connectivity index (χ1) is 12.6. The van der Waals surface area contributed by atoms with Crippen LogP contribution in [0.2, 0.25) is 0 Å². The van der Waals surface area contributed by atoms with Crippen molar-refractivity contribution in [1.29, 1.82) is 0 Å². The molecule has 2 N–H and O–H groups in total. The molecule has 0 radical (unpaired) electrons. The molecule has 0 aromatic rings. The molecule has 1 aliphatic heterocycles. The number of thioether (sulfide) groups is 1. The molecule has 0 aromatic carbocycles. The normalized spacial score (nSPS) is 25.5. The quantitative estimate of drug-likeness (QED) is 0.629. The summed E-state index contributed by atoms with van der Waals surface area (Å²) in [4.78, 5) is 27.5. The molecule has 6 nitrogen and oxygen atoms in total. The van der Waals surface area contributed by atoms with E-state index in [1.165, 1.54) is 0 Å². The van der Waals surface area contributed by atoms with Crippen LogP contribution in [-0.4, -0.2) is 74.2 Å². The molecule has 0 bridgehead atoms. The van der Waals surface area contributed by atoms with Crippen LogP contribution in [-0.2, 0) is 14.3 Å². The van der Waals surface area contributed by atoms with Crippen molar-refractivity contribution in [3.63, 3.8) is 0 Å². The van der Waals surface area contributed by atoms with Gasteiger partial charge in [0.05, 0.1) is 13.2 Å². The molecule has 2 rings (SSSR count). The predicted octanol–water partition coefficient (Wildman–Crippen LogP) is 1.50. The lowest BCUT2D eigenvalue weighted by Crippen LogP contribution is -2.50. The Hall–Kier alpha value is -0.790. The van der Waals surface area contributed by atoms with E-state index in [-0.39, 0.29) is 17.7 Å². The fraction of sp³-hybridized carbons (Fsp3) is 0.895. The topological polar surface area (TPSA) is 70.7 Å². The molecule has 150 valence electrons. The number of nitrogens with one attached hydrogen (secondary N) is 2. The van der Waals surface area contributed by atoms with Crippen LogP contribution < -0.4 is 10.6 Å². The lowest BCUT2D eigenvalue weighted by Gasteiger charge is -2.28. The minimum atomic E-state index is -0.418. The van der Waals surface area contributed by atoms with Crippen LogP contribution in [0.5, 0.6) is 0 Å². The lowest BCUT2D eigenvalue weighted by atomic mass is 9.82. The van der Waals surface area contributed by atoms with Crippen LogP contribution in [0.25, 0.3) is 0 Å². The van der Waals surface area contributed by atoms with Gasteiger partial charge < -0.3 is 15.4 Å². The zero-order chi connectivity index (χ0) is 18.8. The maximum atomic E-state index is 12.6. The summed E-state index contributed by atoms with van der Waals surface area (Å²) in [6, 6.07) is -0.418. The summed E-state index contributed by atoms with van der Waals surface area (Å²) in [6.07, 6.45) is 6.82. The summed E-state index contributed by atoms with van der Waals surface area (Å²) in [5, 5.41) is 6.04. The minimum Gasteiger partial charge on any atom is -0.379 e. The Bertz CT molecular complexity index is 436. The zero-order valence-corrected chi connectivity index (χ0v) is 17.1. The Morgan fingerprint density at radius 2 is 1.88 bits per heavy atom. The summed E-state index contributed by atoms with van der Waals surface area (Å²) in [5.74, 6) is 1.67. The number of carbonyl (C=O) groups excluding carboxylic acids is 2. The first kappa shape index (κ1) is 21.5. The van der Waals surface area contributed by atoms with E-state index in [1.54, 1.807) is 11.8 Å².